The summed E-state index contributed by atoms with van der Waals surface area (Å²) in [5.41, 5.74) is 0.813. The van der Waals surface area contributed by atoms with Crippen LogP contribution in [0.15, 0.2) is 28.7 Å². The van der Waals surface area contributed by atoms with Gasteiger partial charge in [-0.1, -0.05) is 34.1 Å². The molecule has 1 aromatic rings. The van der Waals surface area contributed by atoms with Crippen molar-refractivity contribution < 1.29 is 19.4 Å². The largest absolute Gasteiger partial charge is 0.480 e. The Bertz CT molecular complexity index is 394. The molecular formula is C10H10BrNO4. The third kappa shape index (κ3) is 4.31. The van der Waals surface area contributed by atoms with Gasteiger partial charge in [-0.15, -0.1) is 0 Å². The fourth-order valence-electron chi connectivity index (χ4n) is 0.958. The Kier molecular flexibility index (Phi) is 4.78. The van der Waals surface area contributed by atoms with Crippen LogP contribution in [0.2, 0.25) is 0 Å². The monoisotopic (exact) mass is 287 g/mol. The van der Waals surface area contributed by atoms with Crippen LogP contribution >= 0.6 is 15.9 Å². The Labute approximate surface area is 101 Å². The van der Waals surface area contributed by atoms with E-state index in [1.165, 1.54) is 0 Å². The SMILES string of the molecule is O=C(O)CNC(=O)OCc1ccccc1Br. The fourth-order valence-corrected chi connectivity index (χ4v) is 1.36. The van der Waals surface area contributed by atoms with Crippen LogP contribution in [-0.4, -0.2) is 23.7 Å². The van der Waals surface area contributed by atoms with Gasteiger partial charge < -0.3 is 15.2 Å². The first-order valence-electron chi connectivity index (χ1n) is 4.45. The van der Waals surface area contributed by atoms with Crippen LogP contribution in [0.5, 0.6) is 0 Å². The lowest BCUT2D eigenvalue weighted by Gasteiger charge is -2.06. The Morgan fingerprint density at radius 3 is 2.69 bits per heavy atom. The quantitative estimate of drug-likeness (QED) is 0.885. The molecule has 16 heavy (non-hydrogen) atoms. The lowest BCUT2D eigenvalue weighted by molar-refractivity contribution is -0.135. The number of ether oxygens (including phenoxy) is 1. The normalized spacial score (nSPS) is 9.56. The molecule has 0 saturated carbocycles. The number of carboxylic acid groups (broad SMARTS) is 1. The molecule has 0 bridgehead atoms. The summed E-state index contributed by atoms with van der Waals surface area (Å²) in [6, 6.07) is 7.29. The number of rotatable bonds is 4. The molecule has 0 aliphatic heterocycles. The summed E-state index contributed by atoms with van der Waals surface area (Å²) in [5.74, 6) is -1.11. The lowest BCUT2D eigenvalue weighted by Crippen LogP contribution is -2.29. The number of carbonyl (C=O) groups excluding carboxylic acids is 1. The Balaban J connectivity index is 2.37. The average Bonchev–Trinajstić information content (AvgIpc) is 2.25. The van der Waals surface area contributed by atoms with E-state index in [0.29, 0.717) is 0 Å². The fraction of sp³-hybridized carbons (Fsp3) is 0.200. The minimum absolute atomic E-state index is 0.0902. The average molecular weight is 288 g/mol. The number of carbonyl (C=O) groups is 2. The van der Waals surface area contributed by atoms with Crippen LogP contribution in [0.4, 0.5) is 4.79 Å². The smallest absolute Gasteiger partial charge is 0.407 e. The molecule has 0 heterocycles. The van der Waals surface area contributed by atoms with Crippen molar-refractivity contribution in [3.63, 3.8) is 0 Å². The number of benzene rings is 1. The minimum Gasteiger partial charge on any atom is -0.480 e. The molecule has 0 unspecified atom stereocenters. The third-order valence-electron chi connectivity index (χ3n) is 1.70. The molecule has 5 nitrogen and oxygen atoms in total. The van der Waals surface area contributed by atoms with Gasteiger partial charge in [0.2, 0.25) is 0 Å². The van der Waals surface area contributed by atoms with E-state index in [1.54, 1.807) is 6.07 Å². The van der Waals surface area contributed by atoms with E-state index >= 15 is 0 Å². The summed E-state index contributed by atoms with van der Waals surface area (Å²) in [6.45, 7) is -0.359. The van der Waals surface area contributed by atoms with E-state index in [0.717, 1.165) is 10.0 Å². The lowest BCUT2D eigenvalue weighted by atomic mass is 10.2. The molecule has 1 rings (SSSR count). The number of amides is 1. The minimum atomic E-state index is -1.11. The van der Waals surface area contributed by atoms with E-state index < -0.39 is 18.6 Å². The molecule has 0 atom stereocenters. The van der Waals surface area contributed by atoms with Gasteiger partial charge in [0.15, 0.2) is 0 Å². The first kappa shape index (κ1) is 12.5. The highest BCUT2D eigenvalue weighted by atomic mass is 79.9. The van der Waals surface area contributed by atoms with Gasteiger partial charge in [-0.25, -0.2) is 4.79 Å². The second-order valence-corrected chi connectivity index (χ2v) is 3.77. The first-order chi connectivity index (χ1) is 7.59. The van der Waals surface area contributed by atoms with Gasteiger partial charge in [0.25, 0.3) is 0 Å². The van der Waals surface area contributed by atoms with Crippen molar-refractivity contribution in [2.75, 3.05) is 6.54 Å². The number of halogens is 1. The second-order valence-electron chi connectivity index (χ2n) is 2.91. The molecule has 86 valence electrons. The maximum absolute atomic E-state index is 11.0. The van der Waals surface area contributed by atoms with Crippen molar-refractivity contribution in [1.82, 2.24) is 5.32 Å². The molecule has 0 aromatic heterocycles. The molecule has 0 aliphatic carbocycles. The van der Waals surface area contributed by atoms with Crippen molar-refractivity contribution in [3.8, 4) is 0 Å². The predicted molar refractivity (Wildman–Crippen MR) is 60.0 cm³/mol. The number of hydrogen-bond donors (Lipinski definition) is 2. The van der Waals surface area contributed by atoms with E-state index in [-0.39, 0.29) is 6.61 Å². The van der Waals surface area contributed by atoms with Crippen LogP contribution in [0.25, 0.3) is 0 Å². The van der Waals surface area contributed by atoms with Crippen molar-refractivity contribution in [2.45, 2.75) is 6.61 Å². The van der Waals surface area contributed by atoms with Crippen LogP contribution in [0, 0.1) is 0 Å². The molecule has 6 heteroatoms. The highest BCUT2D eigenvalue weighted by Crippen LogP contribution is 2.16. The zero-order valence-corrected chi connectivity index (χ0v) is 9.86. The Morgan fingerprint density at radius 1 is 1.38 bits per heavy atom. The summed E-state index contributed by atoms with van der Waals surface area (Å²) in [6.07, 6.45) is -0.752. The summed E-state index contributed by atoms with van der Waals surface area (Å²) in [7, 11) is 0. The summed E-state index contributed by atoms with van der Waals surface area (Å²) in [4.78, 5) is 21.2. The second kappa shape index (κ2) is 6.12. The van der Waals surface area contributed by atoms with E-state index in [1.807, 2.05) is 18.2 Å². The predicted octanol–water partition coefficient (Wildman–Crippen LogP) is 1.76. The zero-order valence-electron chi connectivity index (χ0n) is 8.27. The highest BCUT2D eigenvalue weighted by Gasteiger charge is 2.06. The van der Waals surface area contributed by atoms with Gasteiger partial charge >= 0.3 is 12.1 Å². The van der Waals surface area contributed by atoms with Gasteiger partial charge in [-0.3, -0.25) is 4.79 Å². The van der Waals surface area contributed by atoms with E-state index in [2.05, 4.69) is 21.2 Å². The van der Waals surface area contributed by atoms with E-state index in [9.17, 15) is 9.59 Å². The van der Waals surface area contributed by atoms with Crippen LogP contribution in [0.1, 0.15) is 5.56 Å². The van der Waals surface area contributed by atoms with Crippen molar-refractivity contribution in [1.29, 1.82) is 0 Å². The molecule has 1 aromatic carbocycles. The Hall–Kier alpha value is -1.56. The van der Waals surface area contributed by atoms with E-state index in [4.69, 9.17) is 9.84 Å². The third-order valence-corrected chi connectivity index (χ3v) is 2.47. The molecule has 2 N–H and O–H groups in total. The maximum atomic E-state index is 11.0. The van der Waals surface area contributed by atoms with Gasteiger partial charge in [0.05, 0.1) is 0 Å². The van der Waals surface area contributed by atoms with Gasteiger partial charge in [0.1, 0.15) is 13.2 Å². The van der Waals surface area contributed by atoms with Crippen molar-refractivity contribution in [2.24, 2.45) is 0 Å². The standard InChI is InChI=1S/C10H10BrNO4/c11-8-4-2-1-3-7(8)6-16-10(15)12-5-9(13)14/h1-4H,5-6H2,(H,12,15)(H,13,14). The summed E-state index contributed by atoms with van der Waals surface area (Å²) >= 11 is 3.30. The van der Waals surface area contributed by atoms with Gasteiger partial charge in [0, 0.05) is 10.0 Å². The zero-order chi connectivity index (χ0) is 12.0. The molecule has 0 radical (unpaired) electrons. The summed E-state index contributed by atoms with van der Waals surface area (Å²) < 4.78 is 5.65. The topological polar surface area (TPSA) is 75.6 Å². The van der Waals surface area contributed by atoms with Gasteiger partial charge in [-0.2, -0.15) is 0 Å². The number of alkyl carbamates (subject to hydrolysis) is 1. The van der Waals surface area contributed by atoms with Crippen molar-refractivity contribution >= 4 is 28.0 Å². The van der Waals surface area contributed by atoms with Crippen LogP contribution < -0.4 is 5.32 Å². The molecule has 0 aliphatic rings. The molecule has 0 spiro atoms. The Morgan fingerprint density at radius 2 is 2.06 bits per heavy atom. The van der Waals surface area contributed by atoms with Gasteiger partial charge in [-0.05, 0) is 6.07 Å². The molecular weight excluding hydrogens is 278 g/mol. The molecule has 1 amide bonds. The van der Waals surface area contributed by atoms with Crippen molar-refractivity contribution in [3.05, 3.63) is 34.3 Å². The summed E-state index contributed by atoms with van der Waals surface area (Å²) in [5, 5.41) is 10.4. The van der Waals surface area contributed by atoms with Crippen LogP contribution in [0.3, 0.4) is 0 Å². The number of carboxylic acids is 1. The number of nitrogens with one attached hydrogen (secondary N) is 1. The molecule has 0 fully saturated rings. The highest BCUT2D eigenvalue weighted by molar-refractivity contribution is 9.10. The number of aliphatic carboxylic acids is 1. The number of hydrogen-bond acceptors (Lipinski definition) is 3. The molecule has 0 saturated heterocycles. The maximum Gasteiger partial charge on any atom is 0.407 e. The first-order valence-corrected chi connectivity index (χ1v) is 5.24. The van der Waals surface area contributed by atoms with Crippen LogP contribution in [-0.2, 0) is 16.1 Å².